The molecular weight excluding hydrogens is 336 g/mol. The molecule has 4 N–H and O–H groups in total. The fourth-order valence-electron chi connectivity index (χ4n) is 2.03. The van der Waals surface area contributed by atoms with E-state index in [1.807, 2.05) is 20.8 Å². The van der Waals surface area contributed by atoms with Crippen LogP contribution < -0.4 is 21.3 Å². The van der Waals surface area contributed by atoms with E-state index in [-0.39, 0.29) is 42.4 Å². The number of Topliss-reactive ketones (excluding diaryl/α,β-unsaturated/α-hetero) is 2. The second-order valence-corrected chi connectivity index (χ2v) is 6.45. The number of nitrogens with one attached hydrogen (secondary N) is 4. The Morgan fingerprint density at radius 3 is 1.77 bits per heavy atom. The number of carbonyl (C=O) groups is 4. The number of hydrogen-bond acceptors (Lipinski definition) is 6. The Hall–Kier alpha value is -1.80. The molecule has 8 nitrogen and oxygen atoms in total. The van der Waals surface area contributed by atoms with Crippen molar-refractivity contribution in [1.82, 2.24) is 21.3 Å². The summed E-state index contributed by atoms with van der Waals surface area (Å²) in [6.45, 7) is 7.15. The standard InChI is InChI=1S/C18H34N4O4/c1-4-15(23)7-5-9-21-17(25)11-19-13-20-12-18(26)22-10-6-8-16(24)14(2)3/h14,19-20H,4-13H2,1-3H3,(H,21,25)(H,22,26). The average molecular weight is 370 g/mol. The Balaban J connectivity index is 3.47. The van der Waals surface area contributed by atoms with E-state index in [1.165, 1.54) is 0 Å². The van der Waals surface area contributed by atoms with Crippen molar-refractivity contribution < 1.29 is 19.2 Å². The highest BCUT2D eigenvalue weighted by molar-refractivity contribution is 5.81. The van der Waals surface area contributed by atoms with E-state index in [1.54, 1.807) is 0 Å². The molecule has 0 atom stereocenters. The van der Waals surface area contributed by atoms with Crippen LogP contribution >= 0.6 is 0 Å². The van der Waals surface area contributed by atoms with Gasteiger partial charge < -0.3 is 10.6 Å². The van der Waals surface area contributed by atoms with Crippen LogP contribution in [0.4, 0.5) is 0 Å². The van der Waals surface area contributed by atoms with Gasteiger partial charge in [0, 0.05) is 44.9 Å². The number of ketones is 2. The molecule has 0 spiro atoms. The summed E-state index contributed by atoms with van der Waals surface area (Å²) in [5.41, 5.74) is 0. The summed E-state index contributed by atoms with van der Waals surface area (Å²) in [7, 11) is 0. The van der Waals surface area contributed by atoms with Gasteiger partial charge in [-0.15, -0.1) is 0 Å². The van der Waals surface area contributed by atoms with Crippen LogP contribution in [0.3, 0.4) is 0 Å². The minimum Gasteiger partial charge on any atom is -0.355 e. The lowest BCUT2D eigenvalue weighted by Gasteiger charge is -2.09. The predicted molar refractivity (Wildman–Crippen MR) is 101 cm³/mol. The van der Waals surface area contributed by atoms with Gasteiger partial charge in [0.25, 0.3) is 0 Å². The smallest absolute Gasteiger partial charge is 0.233 e. The second-order valence-electron chi connectivity index (χ2n) is 6.45. The topological polar surface area (TPSA) is 116 Å². The van der Waals surface area contributed by atoms with Crippen LogP contribution in [0, 0.1) is 5.92 Å². The molecule has 0 aliphatic heterocycles. The van der Waals surface area contributed by atoms with Gasteiger partial charge in [0.1, 0.15) is 11.6 Å². The van der Waals surface area contributed by atoms with Crippen molar-refractivity contribution in [2.24, 2.45) is 5.92 Å². The molecule has 0 aromatic rings. The normalized spacial score (nSPS) is 10.6. The average Bonchev–Trinajstić information content (AvgIpc) is 2.61. The van der Waals surface area contributed by atoms with Crippen LogP contribution in [0.15, 0.2) is 0 Å². The quantitative estimate of drug-likeness (QED) is 0.227. The second kappa shape index (κ2) is 15.5. The predicted octanol–water partition coefficient (Wildman–Crippen LogP) is 0.120. The molecular formula is C18H34N4O4. The molecule has 0 aromatic carbocycles. The zero-order valence-corrected chi connectivity index (χ0v) is 16.3. The largest absolute Gasteiger partial charge is 0.355 e. The van der Waals surface area contributed by atoms with E-state index in [0.29, 0.717) is 51.9 Å². The van der Waals surface area contributed by atoms with Gasteiger partial charge in [-0.3, -0.25) is 29.8 Å². The van der Waals surface area contributed by atoms with Crippen molar-refractivity contribution in [3.05, 3.63) is 0 Å². The Bertz CT molecular complexity index is 452. The Labute approximate surface area is 156 Å². The van der Waals surface area contributed by atoms with E-state index in [0.717, 1.165) is 0 Å². The highest BCUT2D eigenvalue weighted by atomic mass is 16.2. The molecule has 0 aliphatic carbocycles. The highest BCUT2D eigenvalue weighted by Crippen LogP contribution is 2.00. The number of amides is 2. The third-order valence-electron chi connectivity index (χ3n) is 3.74. The molecule has 8 heteroatoms. The van der Waals surface area contributed by atoms with Crippen molar-refractivity contribution >= 4 is 23.4 Å². The first kappa shape index (κ1) is 24.2. The monoisotopic (exact) mass is 370 g/mol. The molecule has 0 heterocycles. The van der Waals surface area contributed by atoms with Gasteiger partial charge >= 0.3 is 0 Å². The van der Waals surface area contributed by atoms with Crippen LogP contribution in [-0.2, 0) is 19.2 Å². The molecule has 0 radical (unpaired) electrons. The van der Waals surface area contributed by atoms with Crippen molar-refractivity contribution in [3.63, 3.8) is 0 Å². The van der Waals surface area contributed by atoms with Crippen molar-refractivity contribution in [2.45, 2.75) is 52.9 Å². The maximum atomic E-state index is 11.6. The zero-order chi connectivity index (χ0) is 19.8. The Kier molecular flexibility index (Phi) is 14.4. The van der Waals surface area contributed by atoms with Crippen molar-refractivity contribution in [3.8, 4) is 0 Å². The molecule has 26 heavy (non-hydrogen) atoms. The molecule has 0 bridgehead atoms. The van der Waals surface area contributed by atoms with E-state index in [9.17, 15) is 19.2 Å². The van der Waals surface area contributed by atoms with Gasteiger partial charge in [0.05, 0.1) is 13.1 Å². The SMILES string of the molecule is CCC(=O)CCCNC(=O)CNCNCC(=O)NCCCC(=O)C(C)C. The van der Waals surface area contributed by atoms with E-state index >= 15 is 0 Å². The first-order valence-corrected chi connectivity index (χ1v) is 9.36. The third kappa shape index (κ3) is 14.5. The first-order chi connectivity index (χ1) is 12.4. The lowest BCUT2D eigenvalue weighted by molar-refractivity contribution is -0.123. The minimum absolute atomic E-state index is 0.0366. The van der Waals surface area contributed by atoms with Crippen LogP contribution in [0.25, 0.3) is 0 Å². The molecule has 0 aliphatic rings. The summed E-state index contributed by atoms with van der Waals surface area (Å²) in [4.78, 5) is 45.7. The van der Waals surface area contributed by atoms with Crippen molar-refractivity contribution in [1.29, 1.82) is 0 Å². The summed E-state index contributed by atoms with van der Waals surface area (Å²) >= 11 is 0. The minimum atomic E-state index is -0.145. The maximum absolute atomic E-state index is 11.6. The lowest BCUT2D eigenvalue weighted by atomic mass is 10.1. The fraction of sp³-hybridized carbons (Fsp3) is 0.778. The third-order valence-corrected chi connectivity index (χ3v) is 3.74. The van der Waals surface area contributed by atoms with E-state index < -0.39 is 0 Å². The van der Waals surface area contributed by atoms with Crippen LogP contribution in [-0.4, -0.2) is 56.2 Å². The number of rotatable bonds is 16. The summed E-state index contributed by atoms with van der Waals surface area (Å²) in [5, 5.41) is 11.2. The van der Waals surface area contributed by atoms with Gasteiger partial charge in [-0.05, 0) is 12.8 Å². The van der Waals surface area contributed by atoms with Crippen LogP contribution in [0.5, 0.6) is 0 Å². The van der Waals surface area contributed by atoms with Gasteiger partial charge in [0.2, 0.25) is 11.8 Å². The molecule has 0 rings (SSSR count). The zero-order valence-electron chi connectivity index (χ0n) is 16.3. The number of hydrogen-bond donors (Lipinski definition) is 4. The molecule has 2 amide bonds. The van der Waals surface area contributed by atoms with Gasteiger partial charge in [0.15, 0.2) is 0 Å². The van der Waals surface area contributed by atoms with Crippen molar-refractivity contribution in [2.75, 3.05) is 32.8 Å². The fourth-order valence-corrected chi connectivity index (χ4v) is 2.03. The van der Waals surface area contributed by atoms with Crippen LogP contribution in [0.1, 0.15) is 52.9 Å². The molecule has 0 fully saturated rings. The Morgan fingerprint density at radius 1 is 0.808 bits per heavy atom. The van der Waals surface area contributed by atoms with Gasteiger partial charge in [-0.25, -0.2) is 0 Å². The lowest BCUT2D eigenvalue weighted by Crippen LogP contribution is -2.42. The molecule has 150 valence electrons. The molecule has 0 aromatic heterocycles. The van der Waals surface area contributed by atoms with Gasteiger partial charge in [-0.1, -0.05) is 20.8 Å². The Morgan fingerprint density at radius 2 is 1.31 bits per heavy atom. The maximum Gasteiger partial charge on any atom is 0.233 e. The first-order valence-electron chi connectivity index (χ1n) is 9.36. The summed E-state index contributed by atoms with van der Waals surface area (Å²) in [5.74, 6) is 0.154. The molecule has 0 unspecified atom stereocenters. The summed E-state index contributed by atoms with van der Waals surface area (Å²) in [6.07, 6.45) is 2.80. The molecule has 0 saturated carbocycles. The van der Waals surface area contributed by atoms with Gasteiger partial charge in [-0.2, -0.15) is 0 Å². The van der Waals surface area contributed by atoms with E-state index in [4.69, 9.17) is 0 Å². The summed E-state index contributed by atoms with van der Waals surface area (Å²) < 4.78 is 0. The van der Waals surface area contributed by atoms with Crippen LogP contribution in [0.2, 0.25) is 0 Å². The highest BCUT2D eigenvalue weighted by Gasteiger charge is 2.07. The summed E-state index contributed by atoms with van der Waals surface area (Å²) in [6, 6.07) is 0. The molecule has 0 saturated heterocycles. The van der Waals surface area contributed by atoms with E-state index in [2.05, 4.69) is 21.3 Å². The number of carbonyl (C=O) groups excluding carboxylic acids is 4.